The summed E-state index contributed by atoms with van der Waals surface area (Å²) in [6, 6.07) is 7.45. The Morgan fingerprint density at radius 2 is 2.00 bits per heavy atom. The number of phenolic OH excluding ortho intramolecular Hbond substituents is 1. The second kappa shape index (κ2) is 6.51. The second-order valence-corrected chi connectivity index (χ2v) is 4.40. The number of benzene rings is 1. The Kier molecular flexibility index (Phi) is 5.29. The van der Waals surface area contributed by atoms with E-state index in [1.165, 1.54) is 0 Å². The normalized spacial score (nSPS) is 14.7. The molecule has 0 radical (unpaired) electrons. The third-order valence-corrected chi connectivity index (χ3v) is 3.04. The Bertz CT molecular complexity index is 315. The number of para-hydroxylation sites is 1. The standard InChI is InChI=1S/C13H22N2O/c1-10(5-4-8-14)12(15)9-11-6-2-3-7-13(11)16/h2-3,6-7,10,12,16H,4-5,8-9,14-15H2,1H3. The van der Waals surface area contributed by atoms with Crippen molar-refractivity contribution in [3.63, 3.8) is 0 Å². The Morgan fingerprint density at radius 3 is 2.62 bits per heavy atom. The highest BCUT2D eigenvalue weighted by Crippen LogP contribution is 2.20. The number of aromatic hydroxyl groups is 1. The lowest BCUT2D eigenvalue weighted by Gasteiger charge is -2.20. The van der Waals surface area contributed by atoms with E-state index in [1.54, 1.807) is 6.07 Å². The molecule has 1 aromatic rings. The molecule has 2 unspecified atom stereocenters. The molecule has 2 atom stereocenters. The van der Waals surface area contributed by atoms with Crippen molar-refractivity contribution in [2.75, 3.05) is 6.54 Å². The molecule has 3 heteroatoms. The van der Waals surface area contributed by atoms with Gasteiger partial charge in [0.15, 0.2) is 0 Å². The summed E-state index contributed by atoms with van der Waals surface area (Å²) in [5.74, 6) is 0.770. The van der Waals surface area contributed by atoms with Crippen LogP contribution in [0.5, 0.6) is 5.75 Å². The van der Waals surface area contributed by atoms with Crippen LogP contribution in [-0.2, 0) is 6.42 Å². The molecule has 90 valence electrons. The van der Waals surface area contributed by atoms with Gasteiger partial charge < -0.3 is 16.6 Å². The van der Waals surface area contributed by atoms with Crippen LogP contribution in [0.3, 0.4) is 0 Å². The van der Waals surface area contributed by atoms with Crippen molar-refractivity contribution in [1.29, 1.82) is 0 Å². The SMILES string of the molecule is CC(CCCN)C(N)Cc1ccccc1O. The molecule has 0 saturated heterocycles. The molecule has 16 heavy (non-hydrogen) atoms. The van der Waals surface area contributed by atoms with Crippen LogP contribution in [0.1, 0.15) is 25.3 Å². The summed E-state index contributed by atoms with van der Waals surface area (Å²) in [5.41, 5.74) is 12.5. The minimum Gasteiger partial charge on any atom is -0.508 e. The summed E-state index contributed by atoms with van der Waals surface area (Å²) >= 11 is 0. The number of phenols is 1. The molecule has 0 saturated carbocycles. The van der Waals surface area contributed by atoms with Gasteiger partial charge in [0.1, 0.15) is 5.75 Å². The minimum atomic E-state index is 0.0832. The Hall–Kier alpha value is -1.06. The van der Waals surface area contributed by atoms with E-state index in [2.05, 4.69) is 6.92 Å². The molecule has 0 amide bonds. The molecule has 1 rings (SSSR count). The Balaban J connectivity index is 2.50. The first kappa shape index (κ1) is 13.0. The zero-order chi connectivity index (χ0) is 12.0. The summed E-state index contributed by atoms with van der Waals surface area (Å²) in [5, 5.41) is 9.64. The minimum absolute atomic E-state index is 0.0832. The molecule has 0 aliphatic rings. The molecule has 0 aliphatic carbocycles. The van der Waals surface area contributed by atoms with E-state index >= 15 is 0 Å². The molecule has 0 aromatic heterocycles. The Labute approximate surface area is 97.5 Å². The fourth-order valence-corrected chi connectivity index (χ4v) is 1.79. The van der Waals surface area contributed by atoms with Crippen molar-refractivity contribution >= 4 is 0 Å². The third-order valence-electron chi connectivity index (χ3n) is 3.04. The highest BCUT2D eigenvalue weighted by Gasteiger charge is 2.14. The number of hydrogen-bond donors (Lipinski definition) is 3. The van der Waals surface area contributed by atoms with E-state index in [1.807, 2.05) is 18.2 Å². The highest BCUT2D eigenvalue weighted by molar-refractivity contribution is 5.32. The maximum atomic E-state index is 9.64. The van der Waals surface area contributed by atoms with Gasteiger partial charge in [-0.1, -0.05) is 25.1 Å². The summed E-state index contributed by atoms with van der Waals surface area (Å²) in [6.45, 7) is 2.86. The Morgan fingerprint density at radius 1 is 1.31 bits per heavy atom. The summed E-state index contributed by atoms with van der Waals surface area (Å²) < 4.78 is 0. The molecule has 0 fully saturated rings. The zero-order valence-corrected chi connectivity index (χ0v) is 9.89. The zero-order valence-electron chi connectivity index (χ0n) is 9.89. The van der Waals surface area contributed by atoms with Crippen LogP contribution < -0.4 is 11.5 Å². The predicted molar refractivity (Wildman–Crippen MR) is 67.2 cm³/mol. The van der Waals surface area contributed by atoms with Crippen LogP contribution in [0.15, 0.2) is 24.3 Å². The van der Waals surface area contributed by atoms with E-state index < -0.39 is 0 Å². The van der Waals surface area contributed by atoms with Gasteiger partial charge in [-0.05, 0) is 43.4 Å². The smallest absolute Gasteiger partial charge is 0.118 e. The molecule has 0 aliphatic heterocycles. The molecule has 3 nitrogen and oxygen atoms in total. The van der Waals surface area contributed by atoms with Crippen molar-refractivity contribution in [3.05, 3.63) is 29.8 Å². The fourth-order valence-electron chi connectivity index (χ4n) is 1.79. The third kappa shape index (κ3) is 3.83. The number of nitrogens with two attached hydrogens (primary N) is 2. The van der Waals surface area contributed by atoms with Gasteiger partial charge in [0.25, 0.3) is 0 Å². The van der Waals surface area contributed by atoms with E-state index in [9.17, 15) is 5.11 Å². The van der Waals surface area contributed by atoms with Crippen LogP contribution in [0.4, 0.5) is 0 Å². The van der Waals surface area contributed by atoms with E-state index in [-0.39, 0.29) is 6.04 Å². The summed E-state index contributed by atoms with van der Waals surface area (Å²) in [7, 11) is 0. The average molecular weight is 222 g/mol. The maximum Gasteiger partial charge on any atom is 0.118 e. The fraction of sp³-hybridized carbons (Fsp3) is 0.538. The molecular weight excluding hydrogens is 200 g/mol. The van der Waals surface area contributed by atoms with Crippen molar-refractivity contribution in [3.8, 4) is 5.75 Å². The van der Waals surface area contributed by atoms with Gasteiger partial charge in [-0.15, -0.1) is 0 Å². The number of rotatable bonds is 6. The molecular formula is C13H22N2O. The van der Waals surface area contributed by atoms with Gasteiger partial charge in [0, 0.05) is 6.04 Å². The van der Waals surface area contributed by atoms with Gasteiger partial charge in [0.2, 0.25) is 0 Å². The average Bonchev–Trinajstić information content (AvgIpc) is 2.28. The van der Waals surface area contributed by atoms with E-state index in [4.69, 9.17) is 11.5 Å². The molecule has 0 spiro atoms. The quantitative estimate of drug-likeness (QED) is 0.685. The lowest BCUT2D eigenvalue weighted by molar-refractivity contribution is 0.406. The van der Waals surface area contributed by atoms with Crippen LogP contribution >= 0.6 is 0 Å². The maximum absolute atomic E-state index is 9.64. The first-order valence-corrected chi connectivity index (χ1v) is 5.87. The lowest BCUT2D eigenvalue weighted by Crippen LogP contribution is -2.31. The highest BCUT2D eigenvalue weighted by atomic mass is 16.3. The van der Waals surface area contributed by atoms with Crippen molar-refractivity contribution in [2.45, 2.75) is 32.2 Å². The van der Waals surface area contributed by atoms with Crippen LogP contribution in [0.25, 0.3) is 0 Å². The lowest BCUT2D eigenvalue weighted by atomic mass is 9.92. The summed E-state index contributed by atoms with van der Waals surface area (Å²) in [4.78, 5) is 0. The largest absolute Gasteiger partial charge is 0.508 e. The molecule has 1 aromatic carbocycles. The monoisotopic (exact) mass is 222 g/mol. The summed E-state index contributed by atoms with van der Waals surface area (Å²) in [6.07, 6.45) is 2.78. The second-order valence-electron chi connectivity index (χ2n) is 4.40. The van der Waals surface area contributed by atoms with E-state index in [0.717, 1.165) is 24.8 Å². The van der Waals surface area contributed by atoms with Gasteiger partial charge in [0.05, 0.1) is 0 Å². The van der Waals surface area contributed by atoms with E-state index in [0.29, 0.717) is 18.2 Å². The van der Waals surface area contributed by atoms with Crippen molar-refractivity contribution in [2.24, 2.45) is 17.4 Å². The predicted octanol–water partition coefficient (Wildman–Crippen LogP) is 1.64. The van der Waals surface area contributed by atoms with Gasteiger partial charge >= 0.3 is 0 Å². The van der Waals surface area contributed by atoms with Gasteiger partial charge in [-0.25, -0.2) is 0 Å². The van der Waals surface area contributed by atoms with Crippen LogP contribution in [-0.4, -0.2) is 17.7 Å². The first-order valence-electron chi connectivity index (χ1n) is 5.87. The van der Waals surface area contributed by atoms with Crippen molar-refractivity contribution < 1.29 is 5.11 Å². The van der Waals surface area contributed by atoms with Crippen LogP contribution in [0, 0.1) is 5.92 Å². The van der Waals surface area contributed by atoms with Crippen LogP contribution in [0.2, 0.25) is 0 Å². The molecule has 5 N–H and O–H groups in total. The number of hydrogen-bond acceptors (Lipinski definition) is 3. The molecule has 0 bridgehead atoms. The first-order chi connectivity index (χ1) is 7.65. The molecule has 0 heterocycles. The van der Waals surface area contributed by atoms with Gasteiger partial charge in [-0.2, -0.15) is 0 Å². The topological polar surface area (TPSA) is 72.3 Å². The van der Waals surface area contributed by atoms with Crippen molar-refractivity contribution in [1.82, 2.24) is 0 Å². The van der Waals surface area contributed by atoms with Gasteiger partial charge in [-0.3, -0.25) is 0 Å².